The molecule has 31 heavy (non-hydrogen) atoms. The lowest BCUT2D eigenvalue weighted by molar-refractivity contribution is -0.119. The van der Waals surface area contributed by atoms with Gasteiger partial charge in [-0.2, -0.15) is 4.80 Å². The molecule has 2 aromatic heterocycles. The molecule has 1 amide bonds. The van der Waals surface area contributed by atoms with Gasteiger partial charge in [-0.05, 0) is 60.5 Å². The molecule has 1 unspecified atom stereocenters. The number of carbonyl (C=O) groups is 1. The average molecular weight is 436 g/mol. The molecule has 4 aromatic rings. The van der Waals surface area contributed by atoms with E-state index in [0.29, 0.717) is 23.0 Å². The number of halogens is 1. The highest BCUT2D eigenvalue weighted by Crippen LogP contribution is 2.20. The van der Waals surface area contributed by atoms with Crippen molar-refractivity contribution in [1.82, 2.24) is 29.8 Å². The van der Waals surface area contributed by atoms with Crippen molar-refractivity contribution in [1.29, 1.82) is 0 Å². The van der Waals surface area contributed by atoms with Crippen molar-refractivity contribution >= 4 is 23.2 Å². The second kappa shape index (κ2) is 9.09. The maximum atomic E-state index is 12.9. The van der Waals surface area contributed by atoms with Crippen LogP contribution in [-0.2, 0) is 11.3 Å². The highest BCUT2D eigenvalue weighted by molar-refractivity contribution is 6.30. The van der Waals surface area contributed by atoms with E-state index in [4.69, 9.17) is 11.6 Å². The zero-order valence-corrected chi connectivity index (χ0v) is 18.0. The van der Waals surface area contributed by atoms with Gasteiger partial charge in [0, 0.05) is 35.2 Å². The Balaban J connectivity index is 1.43. The van der Waals surface area contributed by atoms with E-state index in [-0.39, 0.29) is 5.91 Å². The van der Waals surface area contributed by atoms with Crippen molar-refractivity contribution < 1.29 is 4.79 Å². The van der Waals surface area contributed by atoms with Gasteiger partial charge in [0.2, 0.25) is 5.82 Å². The molecule has 0 radical (unpaired) electrons. The summed E-state index contributed by atoms with van der Waals surface area (Å²) in [5, 5.41) is 16.1. The molecule has 1 N–H and O–H groups in total. The summed E-state index contributed by atoms with van der Waals surface area (Å²) < 4.78 is 2.06. The van der Waals surface area contributed by atoms with E-state index < -0.39 is 6.04 Å². The fraction of sp³-hybridized carbons (Fsp3) is 0.227. The van der Waals surface area contributed by atoms with Crippen LogP contribution in [-0.4, -0.2) is 35.7 Å². The first-order valence-electron chi connectivity index (χ1n) is 9.96. The number of amides is 1. The Morgan fingerprint density at radius 2 is 1.87 bits per heavy atom. The van der Waals surface area contributed by atoms with Gasteiger partial charge >= 0.3 is 0 Å². The van der Waals surface area contributed by atoms with E-state index in [0.717, 1.165) is 23.5 Å². The standard InChI is InChI=1S/C22H22ClN7O/c1-3-20(30-27-21(26-28-30)17-6-8-18(23)9-7-17)22(31)25-19-10-4-16(5-11-19)14-29-13-12-24-15(29)2/h4-13,20H,3,14H2,1-2H3,(H,25,31). The molecule has 9 heteroatoms. The Hall–Kier alpha value is -3.52. The second-order valence-electron chi connectivity index (χ2n) is 7.15. The minimum Gasteiger partial charge on any atom is -0.331 e. The highest BCUT2D eigenvalue weighted by atomic mass is 35.5. The maximum Gasteiger partial charge on any atom is 0.251 e. The topological polar surface area (TPSA) is 90.5 Å². The third-order valence-electron chi connectivity index (χ3n) is 5.00. The molecular formula is C22H22ClN7O. The zero-order chi connectivity index (χ0) is 21.8. The quantitative estimate of drug-likeness (QED) is 0.471. The summed E-state index contributed by atoms with van der Waals surface area (Å²) in [5.74, 6) is 1.21. The van der Waals surface area contributed by atoms with Crippen LogP contribution in [0, 0.1) is 6.92 Å². The number of aryl methyl sites for hydroxylation is 1. The summed E-state index contributed by atoms with van der Waals surface area (Å²) in [6.07, 6.45) is 4.26. The molecule has 4 rings (SSSR count). The smallest absolute Gasteiger partial charge is 0.251 e. The molecule has 0 aliphatic heterocycles. The van der Waals surface area contributed by atoms with E-state index in [1.165, 1.54) is 4.80 Å². The molecule has 0 fully saturated rings. The maximum absolute atomic E-state index is 12.9. The monoisotopic (exact) mass is 435 g/mol. The van der Waals surface area contributed by atoms with Gasteiger partial charge in [0.25, 0.3) is 5.91 Å². The van der Waals surface area contributed by atoms with Crippen LogP contribution in [0.5, 0.6) is 0 Å². The third-order valence-corrected chi connectivity index (χ3v) is 5.25. The van der Waals surface area contributed by atoms with E-state index >= 15 is 0 Å². The number of rotatable bonds is 7. The Labute approximate surface area is 184 Å². The Morgan fingerprint density at radius 1 is 1.13 bits per heavy atom. The molecule has 1 atom stereocenters. The number of anilines is 1. The Morgan fingerprint density at radius 3 is 2.52 bits per heavy atom. The van der Waals surface area contributed by atoms with Crippen molar-refractivity contribution in [3.63, 3.8) is 0 Å². The van der Waals surface area contributed by atoms with Gasteiger partial charge < -0.3 is 9.88 Å². The number of hydrogen-bond donors (Lipinski definition) is 1. The van der Waals surface area contributed by atoms with Crippen LogP contribution in [0.25, 0.3) is 11.4 Å². The normalized spacial score (nSPS) is 12.0. The minimum absolute atomic E-state index is 0.194. The molecule has 0 aliphatic rings. The minimum atomic E-state index is -0.568. The average Bonchev–Trinajstić information content (AvgIpc) is 3.40. The fourth-order valence-corrected chi connectivity index (χ4v) is 3.34. The van der Waals surface area contributed by atoms with Gasteiger partial charge in [0.05, 0.1) is 0 Å². The molecular weight excluding hydrogens is 414 g/mol. The van der Waals surface area contributed by atoms with E-state index in [1.54, 1.807) is 18.3 Å². The molecule has 0 bridgehead atoms. The van der Waals surface area contributed by atoms with E-state index in [2.05, 4.69) is 30.3 Å². The number of carbonyl (C=O) groups excluding carboxylic acids is 1. The first-order valence-corrected chi connectivity index (χ1v) is 10.3. The van der Waals surface area contributed by atoms with Gasteiger partial charge in [0.15, 0.2) is 6.04 Å². The number of nitrogens with one attached hydrogen (secondary N) is 1. The molecule has 0 spiro atoms. The largest absolute Gasteiger partial charge is 0.331 e. The van der Waals surface area contributed by atoms with Crippen molar-refractivity contribution in [2.45, 2.75) is 32.9 Å². The van der Waals surface area contributed by atoms with Crippen LogP contribution >= 0.6 is 11.6 Å². The van der Waals surface area contributed by atoms with Gasteiger partial charge in [-0.3, -0.25) is 4.79 Å². The fourth-order valence-electron chi connectivity index (χ4n) is 3.21. The van der Waals surface area contributed by atoms with Gasteiger partial charge in [-0.25, -0.2) is 4.98 Å². The van der Waals surface area contributed by atoms with Crippen molar-refractivity contribution in [2.24, 2.45) is 0 Å². The molecule has 2 heterocycles. The molecule has 8 nitrogen and oxygen atoms in total. The zero-order valence-electron chi connectivity index (χ0n) is 17.2. The lowest BCUT2D eigenvalue weighted by atomic mass is 10.2. The van der Waals surface area contributed by atoms with E-state index in [9.17, 15) is 4.79 Å². The number of hydrogen-bond acceptors (Lipinski definition) is 5. The second-order valence-corrected chi connectivity index (χ2v) is 7.59. The van der Waals surface area contributed by atoms with Crippen LogP contribution in [0.3, 0.4) is 0 Å². The van der Waals surface area contributed by atoms with Crippen LogP contribution in [0.2, 0.25) is 5.02 Å². The van der Waals surface area contributed by atoms with Crippen LogP contribution in [0.1, 0.15) is 30.8 Å². The Kier molecular flexibility index (Phi) is 6.08. The predicted molar refractivity (Wildman–Crippen MR) is 119 cm³/mol. The number of tetrazole rings is 1. The van der Waals surface area contributed by atoms with Crippen molar-refractivity contribution in [2.75, 3.05) is 5.32 Å². The van der Waals surface area contributed by atoms with Gasteiger partial charge in [0.1, 0.15) is 5.82 Å². The summed E-state index contributed by atoms with van der Waals surface area (Å²) in [5.41, 5.74) is 2.62. The summed E-state index contributed by atoms with van der Waals surface area (Å²) in [6.45, 7) is 4.61. The molecule has 0 saturated carbocycles. The summed E-state index contributed by atoms with van der Waals surface area (Å²) in [4.78, 5) is 18.4. The van der Waals surface area contributed by atoms with E-state index in [1.807, 2.05) is 56.4 Å². The van der Waals surface area contributed by atoms with Crippen molar-refractivity contribution in [3.8, 4) is 11.4 Å². The number of imidazole rings is 1. The van der Waals surface area contributed by atoms with Gasteiger partial charge in [-0.15, -0.1) is 10.2 Å². The molecule has 0 saturated heterocycles. The summed E-state index contributed by atoms with van der Waals surface area (Å²) >= 11 is 5.93. The van der Waals surface area contributed by atoms with Crippen molar-refractivity contribution in [3.05, 3.63) is 77.3 Å². The molecule has 0 aliphatic carbocycles. The molecule has 158 valence electrons. The van der Waals surface area contributed by atoms with Crippen LogP contribution < -0.4 is 5.32 Å². The third kappa shape index (κ3) is 4.80. The van der Waals surface area contributed by atoms with Gasteiger partial charge in [-0.1, -0.05) is 30.7 Å². The predicted octanol–water partition coefficient (Wildman–Crippen LogP) is 4.14. The molecule has 2 aromatic carbocycles. The lowest BCUT2D eigenvalue weighted by Gasteiger charge is -2.14. The summed E-state index contributed by atoms with van der Waals surface area (Å²) in [6, 6.07) is 14.3. The Bertz CT molecular complexity index is 1170. The summed E-state index contributed by atoms with van der Waals surface area (Å²) in [7, 11) is 0. The highest BCUT2D eigenvalue weighted by Gasteiger charge is 2.22. The number of benzene rings is 2. The number of nitrogens with zero attached hydrogens (tertiary/aromatic N) is 6. The lowest BCUT2D eigenvalue weighted by Crippen LogP contribution is -2.27. The van der Waals surface area contributed by atoms with Crippen LogP contribution in [0.4, 0.5) is 5.69 Å². The SMILES string of the molecule is CCC(C(=O)Nc1ccc(Cn2ccnc2C)cc1)n1nnc(-c2ccc(Cl)cc2)n1. The van der Waals surface area contributed by atoms with Crippen LogP contribution in [0.15, 0.2) is 60.9 Å². The number of aromatic nitrogens is 6. The first kappa shape index (κ1) is 20.7. The first-order chi connectivity index (χ1) is 15.0.